The molecular weight excluding hydrogens is 328 g/mol. The number of hydrogen-bond donors (Lipinski definition) is 0. The van der Waals surface area contributed by atoms with Crippen LogP contribution < -0.4 is 9.47 Å². The summed E-state index contributed by atoms with van der Waals surface area (Å²) in [5, 5.41) is 0. The summed E-state index contributed by atoms with van der Waals surface area (Å²) in [6, 6.07) is 7.17. The second kappa shape index (κ2) is 6.88. The average Bonchev–Trinajstić information content (AvgIpc) is 3.15. The van der Waals surface area contributed by atoms with E-state index in [2.05, 4.69) is 0 Å². The third-order valence-corrected chi connectivity index (χ3v) is 4.46. The van der Waals surface area contributed by atoms with Crippen molar-refractivity contribution in [2.24, 2.45) is 0 Å². The van der Waals surface area contributed by atoms with Crippen LogP contribution in [0.5, 0.6) is 11.5 Å². The minimum absolute atomic E-state index is 0.193. The Balaban J connectivity index is 1.55. The predicted octanol–water partition coefficient (Wildman–Crippen LogP) is 3.53. The minimum atomic E-state index is -0.564. The zero-order valence-electron chi connectivity index (χ0n) is 13.3. The summed E-state index contributed by atoms with van der Waals surface area (Å²) >= 11 is 1.55. The number of benzene rings is 1. The molecule has 0 aliphatic carbocycles. The van der Waals surface area contributed by atoms with Crippen LogP contribution in [0.4, 0.5) is 0 Å². The largest absolute Gasteiger partial charge is 0.454 e. The summed E-state index contributed by atoms with van der Waals surface area (Å²) in [4.78, 5) is 25.8. The lowest BCUT2D eigenvalue weighted by Gasteiger charge is -2.01. The fourth-order valence-electron chi connectivity index (χ4n) is 2.35. The normalized spacial score (nSPS) is 12.6. The van der Waals surface area contributed by atoms with Crippen molar-refractivity contribution in [3.8, 4) is 11.5 Å². The van der Waals surface area contributed by atoms with Crippen LogP contribution in [0.15, 0.2) is 30.3 Å². The molecule has 0 amide bonds. The number of thiophene rings is 1. The first-order valence-corrected chi connectivity index (χ1v) is 8.19. The van der Waals surface area contributed by atoms with Gasteiger partial charge in [-0.3, -0.25) is 4.79 Å². The van der Waals surface area contributed by atoms with Gasteiger partial charge in [0.05, 0.1) is 0 Å². The number of esters is 1. The molecular formula is C18H16O5S. The quantitative estimate of drug-likeness (QED) is 0.472. The maximum Gasteiger partial charge on any atom is 0.331 e. The Morgan fingerprint density at radius 1 is 1.21 bits per heavy atom. The highest BCUT2D eigenvalue weighted by atomic mass is 32.1. The van der Waals surface area contributed by atoms with E-state index in [1.165, 1.54) is 6.08 Å². The van der Waals surface area contributed by atoms with Gasteiger partial charge in [0.1, 0.15) is 0 Å². The standard InChI is InChI=1S/C18H16O5S/c1-11-7-14(12(2)24-11)15(19)9-21-18(20)6-4-13-3-5-16-17(8-13)23-10-22-16/h3-8H,9-10H2,1-2H3/b6-4+. The number of ether oxygens (including phenoxy) is 3. The Labute approximate surface area is 143 Å². The van der Waals surface area contributed by atoms with Gasteiger partial charge in [0.2, 0.25) is 12.6 Å². The van der Waals surface area contributed by atoms with Gasteiger partial charge in [-0.15, -0.1) is 11.3 Å². The highest BCUT2D eigenvalue weighted by molar-refractivity contribution is 7.12. The number of fused-ring (bicyclic) bond motifs is 1. The van der Waals surface area contributed by atoms with Gasteiger partial charge in [0, 0.05) is 21.4 Å². The zero-order chi connectivity index (χ0) is 17.1. The van der Waals surface area contributed by atoms with E-state index in [1.54, 1.807) is 35.6 Å². The Hall–Kier alpha value is -2.60. The molecule has 124 valence electrons. The summed E-state index contributed by atoms with van der Waals surface area (Å²) in [7, 11) is 0. The molecule has 6 heteroatoms. The van der Waals surface area contributed by atoms with E-state index in [0.29, 0.717) is 17.1 Å². The van der Waals surface area contributed by atoms with E-state index in [4.69, 9.17) is 14.2 Å². The lowest BCUT2D eigenvalue weighted by molar-refractivity contribution is -0.136. The van der Waals surface area contributed by atoms with Crippen molar-refractivity contribution in [1.82, 2.24) is 0 Å². The third kappa shape index (κ3) is 3.65. The van der Waals surface area contributed by atoms with E-state index in [1.807, 2.05) is 19.9 Å². The van der Waals surface area contributed by atoms with Crippen molar-refractivity contribution in [1.29, 1.82) is 0 Å². The van der Waals surface area contributed by atoms with Gasteiger partial charge in [-0.05, 0) is 43.7 Å². The number of rotatable bonds is 5. The van der Waals surface area contributed by atoms with E-state index < -0.39 is 5.97 Å². The van der Waals surface area contributed by atoms with E-state index in [9.17, 15) is 9.59 Å². The second-order valence-corrected chi connectivity index (χ2v) is 6.76. The second-order valence-electron chi connectivity index (χ2n) is 5.30. The number of Topliss-reactive ketones (excluding diaryl/α,β-unsaturated/α-hetero) is 1. The Bertz CT molecular complexity index is 819. The molecule has 0 unspecified atom stereocenters. The minimum Gasteiger partial charge on any atom is -0.454 e. The molecule has 2 aromatic rings. The average molecular weight is 344 g/mol. The van der Waals surface area contributed by atoms with Crippen LogP contribution in [0.2, 0.25) is 0 Å². The topological polar surface area (TPSA) is 61.8 Å². The lowest BCUT2D eigenvalue weighted by atomic mass is 10.2. The molecule has 1 aliphatic heterocycles. The maximum absolute atomic E-state index is 12.1. The summed E-state index contributed by atoms with van der Waals surface area (Å²) < 4.78 is 15.5. The van der Waals surface area contributed by atoms with Crippen LogP contribution in [-0.2, 0) is 9.53 Å². The molecule has 0 saturated heterocycles. The van der Waals surface area contributed by atoms with Gasteiger partial charge in [-0.2, -0.15) is 0 Å². The van der Waals surface area contributed by atoms with Crippen molar-refractivity contribution in [3.05, 3.63) is 51.2 Å². The molecule has 0 fully saturated rings. The third-order valence-electron chi connectivity index (χ3n) is 3.50. The molecule has 0 bridgehead atoms. The van der Waals surface area contributed by atoms with Gasteiger partial charge >= 0.3 is 5.97 Å². The Kier molecular flexibility index (Phi) is 4.66. The molecule has 0 N–H and O–H groups in total. The Morgan fingerprint density at radius 3 is 2.75 bits per heavy atom. The summed E-state index contributed by atoms with van der Waals surface area (Å²) in [6.07, 6.45) is 2.89. The summed E-state index contributed by atoms with van der Waals surface area (Å²) in [5.74, 6) is 0.568. The molecule has 0 spiro atoms. The lowest BCUT2D eigenvalue weighted by Crippen LogP contribution is -2.12. The molecule has 0 radical (unpaired) electrons. The van der Waals surface area contributed by atoms with E-state index >= 15 is 0 Å². The van der Waals surface area contributed by atoms with Crippen molar-refractivity contribution in [2.45, 2.75) is 13.8 Å². The van der Waals surface area contributed by atoms with Crippen LogP contribution in [0.3, 0.4) is 0 Å². The van der Waals surface area contributed by atoms with Crippen LogP contribution in [0.25, 0.3) is 6.08 Å². The van der Waals surface area contributed by atoms with Gasteiger partial charge in [0.15, 0.2) is 18.1 Å². The van der Waals surface area contributed by atoms with Crippen LogP contribution in [0, 0.1) is 13.8 Å². The first kappa shape index (κ1) is 16.3. The molecule has 0 atom stereocenters. The van der Waals surface area contributed by atoms with Crippen molar-refractivity contribution < 1.29 is 23.8 Å². The van der Waals surface area contributed by atoms with Crippen molar-refractivity contribution in [3.63, 3.8) is 0 Å². The summed E-state index contributed by atoms with van der Waals surface area (Å²) in [5.41, 5.74) is 1.40. The molecule has 2 heterocycles. The van der Waals surface area contributed by atoms with E-state index in [-0.39, 0.29) is 19.2 Å². The maximum atomic E-state index is 12.1. The molecule has 1 aromatic heterocycles. The first-order chi connectivity index (χ1) is 11.5. The molecule has 1 aliphatic rings. The fourth-order valence-corrected chi connectivity index (χ4v) is 3.29. The van der Waals surface area contributed by atoms with E-state index in [0.717, 1.165) is 15.3 Å². The highest BCUT2D eigenvalue weighted by Crippen LogP contribution is 2.32. The van der Waals surface area contributed by atoms with Crippen molar-refractivity contribution in [2.75, 3.05) is 13.4 Å². The summed E-state index contributed by atoms with van der Waals surface area (Å²) in [6.45, 7) is 3.76. The number of hydrogen-bond acceptors (Lipinski definition) is 6. The van der Waals surface area contributed by atoms with Crippen molar-refractivity contribution >= 4 is 29.2 Å². The molecule has 0 saturated carbocycles. The SMILES string of the molecule is Cc1cc(C(=O)COC(=O)/C=C/c2ccc3c(c2)OCO3)c(C)s1. The fraction of sp³-hybridized carbons (Fsp3) is 0.222. The van der Waals surface area contributed by atoms with Gasteiger partial charge in [-0.1, -0.05) is 6.07 Å². The predicted molar refractivity (Wildman–Crippen MR) is 90.7 cm³/mol. The number of aryl methyl sites for hydroxylation is 2. The molecule has 3 rings (SSSR count). The first-order valence-electron chi connectivity index (χ1n) is 7.37. The van der Waals surface area contributed by atoms with Gasteiger partial charge < -0.3 is 14.2 Å². The zero-order valence-corrected chi connectivity index (χ0v) is 14.1. The molecule has 1 aromatic carbocycles. The molecule has 24 heavy (non-hydrogen) atoms. The van der Waals surface area contributed by atoms with Gasteiger partial charge in [-0.25, -0.2) is 4.79 Å². The number of carbonyl (C=O) groups excluding carboxylic acids is 2. The van der Waals surface area contributed by atoms with Crippen LogP contribution in [0.1, 0.15) is 25.7 Å². The Morgan fingerprint density at radius 2 is 2.00 bits per heavy atom. The number of ketones is 1. The van der Waals surface area contributed by atoms with Gasteiger partial charge in [0.25, 0.3) is 0 Å². The molecule has 5 nitrogen and oxygen atoms in total. The monoisotopic (exact) mass is 344 g/mol. The van der Waals surface area contributed by atoms with Crippen LogP contribution >= 0.6 is 11.3 Å². The highest BCUT2D eigenvalue weighted by Gasteiger charge is 2.14. The number of carbonyl (C=O) groups is 2. The smallest absolute Gasteiger partial charge is 0.331 e. The van der Waals surface area contributed by atoms with Crippen LogP contribution in [-0.4, -0.2) is 25.2 Å².